The van der Waals surface area contributed by atoms with E-state index in [0.29, 0.717) is 5.69 Å². The minimum atomic E-state index is -4.53. The van der Waals surface area contributed by atoms with Gasteiger partial charge in [-0.25, -0.2) is 17.6 Å². The summed E-state index contributed by atoms with van der Waals surface area (Å²) in [5.41, 5.74) is -2.19. The maximum absolute atomic E-state index is 15.0. The second-order valence-corrected chi connectivity index (χ2v) is 8.73. The number of hydrogen-bond acceptors (Lipinski definition) is 5. The zero-order valence-electron chi connectivity index (χ0n) is 18.8. The first kappa shape index (κ1) is 24.0. The molecule has 0 N–H and O–H groups in total. The van der Waals surface area contributed by atoms with E-state index in [-0.39, 0.29) is 48.1 Å². The average molecular weight is 509 g/mol. The van der Waals surface area contributed by atoms with Gasteiger partial charge in [-0.2, -0.15) is 18.2 Å². The Labute approximate surface area is 201 Å². The molecule has 1 saturated carbocycles. The fourth-order valence-electron chi connectivity index (χ4n) is 4.13. The summed E-state index contributed by atoms with van der Waals surface area (Å²) in [5, 5.41) is 5.74. The monoisotopic (exact) mass is 509 g/mol. The van der Waals surface area contributed by atoms with Crippen LogP contribution >= 0.6 is 0 Å². The Bertz CT molecular complexity index is 1330. The summed E-state index contributed by atoms with van der Waals surface area (Å²) in [5.74, 6) is 2.77. The summed E-state index contributed by atoms with van der Waals surface area (Å²) in [7, 11) is 1.65. The van der Waals surface area contributed by atoms with Gasteiger partial charge >= 0.3 is 6.18 Å². The molecule has 5 rings (SSSR count). The third kappa shape index (κ3) is 4.23. The molecule has 0 bridgehead atoms. The highest BCUT2D eigenvalue weighted by molar-refractivity contribution is 6.23. The molecule has 2 aromatic rings. The van der Waals surface area contributed by atoms with Gasteiger partial charge in [0.15, 0.2) is 0 Å². The van der Waals surface area contributed by atoms with Crippen molar-refractivity contribution in [3.8, 4) is 11.8 Å². The lowest BCUT2D eigenvalue weighted by Crippen LogP contribution is -2.43. The van der Waals surface area contributed by atoms with Crippen LogP contribution in [0.1, 0.15) is 24.0 Å². The standard InChI is InChI=1S/C24H18F7N5/c1-34-13-36-18-4-2-3-17(26)20(18)21(32-22(36)33-34)35(12-19(27)28)16-10-14(9-15(25)11-16)5-6-23(7-8-23)24(29,30)31/h2-4,9-11,19H,7-8,12-13H2,1H3. The van der Waals surface area contributed by atoms with E-state index in [0.717, 1.165) is 23.1 Å². The molecule has 1 aliphatic carbocycles. The summed E-state index contributed by atoms with van der Waals surface area (Å²) in [6.45, 7) is -0.739. The van der Waals surface area contributed by atoms with Crippen molar-refractivity contribution >= 4 is 23.2 Å². The fraction of sp³-hybridized carbons (Fsp3) is 0.333. The fourth-order valence-corrected chi connectivity index (χ4v) is 4.13. The molecule has 1 fully saturated rings. The van der Waals surface area contributed by atoms with Crippen LogP contribution in [0.25, 0.3) is 0 Å². The summed E-state index contributed by atoms with van der Waals surface area (Å²) < 4.78 is 96.7. The predicted octanol–water partition coefficient (Wildman–Crippen LogP) is 5.17. The van der Waals surface area contributed by atoms with Gasteiger partial charge in [0.2, 0.25) is 0 Å². The van der Waals surface area contributed by atoms with Crippen LogP contribution in [-0.2, 0) is 0 Å². The number of nitrogens with zero attached hydrogens (tertiary/aromatic N) is 5. The Hall–Kier alpha value is -3.75. The van der Waals surface area contributed by atoms with Crippen LogP contribution in [0.5, 0.6) is 0 Å². The third-order valence-corrected chi connectivity index (χ3v) is 6.07. The van der Waals surface area contributed by atoms with Gasteiger partial charge in [-0.15, -0.1) is 5.10 Å². The third-order valence-electron chi connectivity index (χ3n) is 6.07. The first-order valence-corrected chi connectivity index (χ1v) is 10.9. The Balaban J connectivity index is 1.62. The second kappa shape index (κ2) is 8.43. The lowest BCUT2D eigenvalue weighted by molar-refractivity contribution is -0.168. The van der Waals surface area contributed by atoms with Crippen molar-refractivity contribution in [3.05, 3.63) is 59.2 Å². The highest BCUT2D eigenvalue weighted by Crippen LogP contribution is 2.57. The molecule has 12 heteroatoms. The minimum Gasteiger partial charge on any atom is -0.320 e. The number of aliphatic imine (C=N–C) groups is 1. The zero-order chi connectivity index (χ0) is 25.8. The molecule has 2 aliphatic heterocycles. The molecule has 3 aliphatic rings. The SMILES string of the molecule is CN1CN2C(=N1)N=C(N(CC(F)F)c1cc(F)cc(C#CC3(C(F)(F)F)CC3)c1)c1c(F)cccc12. The lowest BCUT2D eigenvalue weighted by Gasteiger charge is -2.33. The number of guanidine groups is 1. The average Bonchev–Trinajstić information content (AvgIpc) is 3.50. The van der Waals surface area contributed by atoms with Gasteiger partial charge < -0.3 is 4.90 Å². The van der Waals surface area contributed by atoms with E-state index in [4.69, 9.17) is 0 Å². The molecule has 188 valence electrons. The molecule has 0 radical (unpaired) electrons. The largest absolute Gasteiger partial charge is 0.405 e. The number of anilines is 2. The van der Waals surface area contributed by atoms with Crippen molar-refractivity contribution in [1.29, 1.82) is 0 Å². The van der Waals surface area contributed by atoms with E-state index in [1.165, 1.54) is 17.1 Å². The molecule has 0 amide bonds. The highest BCUT2D eigenvalue weighted by atomic mass is 19.4. The van der Waals surface area contributed by atoms with Crippen molar-refractivity contribution < 1.29 is 30.7 Å². The summed E-state index contributed by atoms with van der Waals surface area (Å²) in [6.07, 6.45) is -7.80. The van der Waals surface area contributed by atoms with Crippen molar-refractivity contribution in [1.82, 2.24) is 5.01 Å². The molecule has 0 atom stereocenters. The van der Waals surface area contributed by atoms with Crippen LogP contribution in [-0.4, -0.2) is 49.7 Å². The Morgan fingerprint density at radius 3 is 2.56 bits per heavy atom. The number of amidine groups is 1. The topological polar surface area (TPSA) is 34.4 Å². The van der Waals surface area contributed by atoms with Gasteiger partial charge in [0.25, 0.3) is 12.4 Å². The molecule has 0 unspecified atom stereocenters. The summed E-state index contributed by atoms with van der Waals surface area (Å²) in [4.78, 5) is 6.83. The van der Waals surface area contributed by atoms with Crippen molar-refractivity contribution in [2.45, 2.75) is 25.4 Å². The number of hydrogen-bond donors (Lipinski definition) is 0. The number of hydrazone groups is 1. The van der Waals surface area contributed by atoms with E-state index in [2.05, 4.69) is 21.9 Å². The number of fused-ring (bicyclic) bond motifs is 3. The Morgan fingerprint density at radius 1 is 1.14 bits per heavy atom. The van der Waals surface area contributed by atoms with Gasteiger partial charge in [-0.05, 0) is 43.2 Å². The first-order chi connectivity index (χ1) is 17.0. The normalized spacial score (nSPS) is 17.7. The smallest absolute Gasteiger partial charge is 0.320 e. The summed E-state index contributed by atoms with van der Waals surface area (Å²) in [6, 6.07) is 7.20. The van der Waals surface area contributed by atoms with E-state index in [9.17, 15) is 26.3 Å². The first-order valence-electron chi connectivity index (χ1n) is 10.9. The number of benzene rings is 2. The highest BCUT2D eigenvalue weighted by Gasteiger charge is 2.62. The maximum atomic E-state index is 15.0. The number of alkyl halides is 5. The van der Waals surface area contributed by atoms with Gasteiger partial charge in [0.05, 0.1) is 17.8 Å². The van der Waals surface area contributed by atoms with E-state index in [1.807, 2.05) is 0 Å². The quantitative estimate of drug-likeness (QED) is 0.423. The van der Waals surface area contributed by atoms with Crippen LogP contribution in [0.4, 0.5) is 42.1 Å². The Kier molecular flexibility index (Phi) is 5.61. The maximum Gasteiger partial charge on any atom is 0.405 e. The second-order valence-electron chi connectivity index (χ2n) is 8.73. The van der Waals surface area contributed by atoms with Gasteiger partial charge in [-0.3, -0.25) is 9.91 Å². The molecular weight excluding hydrogens is 491 g/mol. The molecule has 2 aromatic carbocycles. The van der Waals surface area contributed by atoms with Crippen molar-refractivity contribution in [3.63, 3.8) is 0 Å². The Morgan fingerprint density at radius 2 is 1.89 bits per heavy atom. The van der Waals surface area contributed by atoms with E-state index < -0.39 is 36.2 Å². The van der Waals surface area contributed by atoms with Crippen LogP contribution in [0.2, 0.25) is 0 Å². The van der Waals surface area contributed by atoms with Crippen LogP contribution in [0.15, 0.2) is 46.5 Å². The molecule has 36 heavy (non-hydrogen) atoms. The zero-order valence-corrected chi connectivity index (χ0v) is 18.8. The van der Waals surface area contributed by atoms with Gasteiger partial charge in [0.1, 0.15) is 29.6 Å². The lowest BCUT2D eigenvalue weighted by atomic mass is 10.0. The van der Waals surface area contributed by atoms with Gasteiger partial charge in [-0.1, -0.05) is 17.9 Å². The van der Waals surface area contributed by atoms with Crippen LogP contribution in [0.3, 0.4) is 0 Å². The molecular formula is C24H18F7N5. The van der Waals surface area contributed by atoms with Gasteiger partial charge in [0, 0.05) is 18.3 Å². The van der Waals surface area contributed by atoms with Crippen LogP contribution < -0.4 is 9.80 Å². The molecule has 0 spiro atoms. The number of halogens is 7. The van der Waals surface area contributed by atoms with Crippen LogP contribution in [0, 0.1) is 28.9 Å². The molecule has 5 nitrogen and oxygen atoms in total. The molecule has 0 aromatic heterocycles. The predicted molar refractivity (Wildman–Crippen MR) is 120 cm³/mol. The molecule has 0 saturated heterocycles. The minimum absolute atomic E-state index is 0.0849. The van der Waals surface area contributed by atoms with E-state index >= 15 is 4.39 Å². The number of rotatable bonds is 3. The molecule has 2 heterocycles. The van der Waals surface area contributed by atoms with Crippen molar-refractivity contribution in [2.24, 2.45) is 15.5 Å². The van der Waals surface area contributed by atoms with E-state index in [1.54, 1.807) is 18.0 Å². The van der Waals surface area contributed by atoms with Crippen molar-refractivity contribution in [2.75, 3.05) is 30.1 Å². The summed E-state index contributed by atoms with van der Waals surface area (Å²) >= 11 is 0.